The highest BCUT2D eigenvalue weighted by molar-refractivity contribution is 5.93. The highest BCUT2D eigenvalue weighted by Gasteiger charge is 2.28. The van der Waals surface area contributed by atoms with Gasteiger partial charge in [-0.2, -0.15) is 0 Å². The Hall–Kier alpha value is -3.09. The first kappa shape index (κ1) is 17.7. The van der Waals surface area contributed by atoms with Gasteiger partial charge in [0, 0.05) is 30.9 Å². The van der Waals surface area contributed by atoms with Gasteiger partial charge in [-0.1, -0.05) is 18.2 Å². The molecule has 0 radical (unpaired) electrons. The zero-order chi connectivity index (χ0) is 18.4. The Kier molecular flexibility index (Phi) is 5.68. The molecule has 1 aliphatic heterocycles. The molecule has 0 saturated carbocycles. The Morgan fingerprint density at radius 1 is 1.08 bits per heavy atom. The second-order valence-corrected chi connectivity index (χ2v) is 6.10. The Labute approximate surface area is 152 Å². The lowest BCUT2D eigenvalue weighted by molar-refractivity contribution is -0.121. The van der Waals surface area contributed by atoms with Crippen molar-refractivity contribution in [1.29, 1.82) is 0 Å². The summed E-state index contributed by atoms with van der Waals surface area (Å²) in [7, 11) is 1.54. The van der Waals surface area contributed by atoms with Crippen molar-refractivity contribution in [3.8, 4) is 5.75 Å². The summed E-state index contributed by atoms with van der Waals surface area (Å²) < 4.78 is 5.20. The highest BCUT2D eigenvalue weighted by atomic mass is 16.5. The molecule has 1 fully saturated rings. The van der Waals surface area contributed by atoms with Crippen LogP contribution in [0.15, 0.2) is 48.7 Å². The summed E-state index contributed by atoms with van der Waals surface area (Å²) in [6.07, 6.45) is 2.83. The van der Waals surface area contributed by atoms with Crippen molar-refractivity contribution >= 4 is 23.4 Å². The van der Waals surface area contributed by atoms with E-state index < -0.39 is 0 Å². The first-order chi connectivity index (χ1) is 12.7. The number of nitrogens with one attached hydrogen (secondary N) is 2. The normalized spacial score (nSPS) is 14.6. The van der Waals surface area contributed by atoms with Crippen LogP contribution in [0.5, 0.6) is 5.75 Å². The molecule has 2 aromatic rings. The Morgan fingerprint density at radius 3 is 2.50 bits per heavy atom. The second-order valence-electron chi connectivity index (χ2n) is 6.10. The summed E-state index contributed by atoms with van der Waals surface area (Å²) >= 11 is 0. The van der Waals surface area contributed by atoms with E-state index in [1.807, 2.05) is 30.3 Å². The topological polar surface area (TPSA) is 83.6 Å². The van der Waals surface area contributed by atoms with Gasteiger partial charge in [0.15, 0.2) is 11.6 Å². The number of likely N-dealkylation sites (tertiary alicyclic amines) is 1. The minimum atomic E-state index is -0.150. The van der Waals surface area contributed by atoms with Crippen LogP contribution in [0.25, 0.3) is 0 Å². The molecule has 136 valence electrons. The molecule has 0 bridgehead atoms. The molecule has 2 heterocycles. The van der Waals surface area contributed by atoms with Crippen LogP contribution in [0.4, 0.5) is 16.3 Å². The number of rotatable bonds is 4. The van der Waals surface area contributed by atoms with Gasteiger partial charge in [-0.15, -0.1) is 0 Å². The van der Waals surface area contributed by atoms with Gasteiger partial charge in [-0.05, 0) is 37.1 Å². The summed E-state index contributed by atoms with van der Waals surface area (Å²) in [5, 5.41) is 5.69. The molecule has 1 saturated heterocycles. The van der Waals surface area contributed by atoms with Crippen LogP contribution >= 0.6 is 0 Å². The maximum atomic E-state index is 12.5. The Balaban J connectivity index is 1.51. The molecule has 0 unspecified atom stereocenters. The molecule has 1 aromatic heterocycles. The van der Waals surface area contributed by atoms with Gasteiger partial charge in [0.05, 0.1) is 7.11 Å². The number of pyridine rings is 1. The minimum Gasteiger partial charge on any atom is -0.493 e. The van der Waals surface area contributed by atoms with Crippen molar-refractivity contribution in [2.75, 3.05) is 30.8 Å². The number of carbonyl (C=O) groups is 2. The summed E-state index contributed by atoms with van der Waals surface area (Å²) in [5.74, 6) is 0.706. The van der Waals surface area contributed by atoms with Crippen molar-refractivity contribution in [3.63, 3.8) is 0 Å². The fourth-order valence-electron chi connectivity index (χ4n) is 2.94. The molecule has 1 aliphatic rings. The van der Waals surface area contributed by atoms with Crippen LogP contribution in [0, 0.1) is 5.92 Å². The number of carbonyl (C=O) groups excluding carboxylic acids is 2. The molecule has 7 nitrogen and oxygen atoms in total. The van der Waals surface area contributed by atoms with Gasteiger partial charge in [-0.25, -0.2) is 9.78 Å². The third kappa shape index (κ3) is 4.30. The second kappa shape index (κ2) is 8.33. The average Bonchev–Trinajstić information content (AvgIpc) is 2.69. The number of benzene rings is 1. The van der Waals surface area contributed by atoms with Crippen LogP contribution in [-0.2, 0) is 4.79 Å². The number of nitrogens with zero attached hydrogens (tertiary/aromatic N) is 2. The van der Waals surface area contributed by atoms with Crippen molar-refractivity contribution in [3.05, 3.63) is 48.7 Å². The Morgan fingerprint density at radius 2 is 1.81 bits per heavy atom. The number of ether oxygens (including phenoxy) is 1. The van der Waals surface area contributed by atoms with E-state index in [1.54, 1.807) is 23.2 Å². The number of para-hydroxylation sites is 1. The SMILES string of the molecule is COc1cccnc1NC(=O)C1CCN(C(=O)Nc2ccccc2)CC1. The van der Waals surface area contributed by atoms with Crippen LogP contribution in [0.1, 0.15) is 12.8 Å². The van der Waals surface area contributed by atoms with Crippen LogP contribution in [0.3, 0.4) is 0 Å². The van der Waals surface area contributed by atoms with Gasteiger partial charge in [-0.3, -0.25) is 4.79 Å². The van der Waals surface area contributed by atoms with E-state index in [2.05, 4.69) is 15.6 Å². The summed E-state index contributed by atoms with van der Waals surface area (Å²) in [5.41, 5.74) is 0.764. The van der Waals surface area contributed by atoms with Gasteiger partial charge in [0.1, 0.15) is 0 Å². The van der Waals surface area contributed by atoms with Crippen molar-refractivity contribution in [2.24, 2.45) is 5.92 Å². The Bertz CT molecular complexity index is 758. The third-order valence-corrected chi connectivity index (χ3v) is 4.41. The standard InChI is InChI=1S/C19H22N4O3/c1-26-16-8-5-11-20-17(16)22-18(24)14-9-12-23(13-10-14)19(25)21-15-6-3-2-4-7-15/h2-8,11,14H,9-10,12-13H2,1H3,(H,21,25)(H,20,22,24). The zero-order valence-corrected chi connectivity index (χ0v) is 14.6. The molecular formula is C19H22N4O3. The molecule has 0 atom stereocenters. The largest absolute Gasteiger partial charge is 0.493 e. The summed E-state index contributed by atoms with van der Waals surface area (Å²) in [6.45, 7) is 1.08. The van der Waals surface area contributed by atoms with Gasteiger partial charge < -0.3 is 20.3 Å². The van der Waals surface area contributed by atoms with E-state index in [9.17, 15) is 9.59 Å². The number of hydrogen-bond acceptors (Lipinski definition) is 4. The van der Waals surface area contributed by atoms with E-state index >= 15 is 0 Å². The first-order valence-electron chi connectivity index (χ1n) is 8.58. The maximum absolute atomic E-state index is 12.5. The lowest BCUT2D eigenvalue weighted by Gasteiger charge is -2.31. The zero-order valence-electron chi connectivity index (χ0n) is 14.6. The quantitative estimate of drug-likeness (QED) is 0.884. The predicted octanol–water partition coefficient (Wildman–Crippen LogP) is 2.97. The third-order valence-electron chi connectivity index (χ3n) is 4.41. The lowest BCUT2D eigenvalue weighted by atomic mass is 9.96. The van der Waals surface area contributed by atoms with E-state index in [0.29, 0.717) is 37.5 Å². The molecule has 3 rings (SSSR count). The predicted molar refractivity (Wildman–Crippen MR) is 99.2 cm³/mol. The molecule has 7 heteroatoms. The number of aromatic nitrogens is 1. The van der Waals surface area contributed by atoms with Gasteiger partial charge in [0.2, 0.25) is 5.91 Å². The smallest absolute Gasteiger partial charge is 0.321 e. The monoisotopic (exact) mass is 354 g/mol. The molecule has 0 spiro atoms. The highest BCUT2D eigenvalue weighted by Crippen LogP contribution is 2.24. The van der Waals surface area contributed by atoms with Gasteiger partial charge in [0.25, 0.3) is 0 Å². The average molecular weight is 354 g/mol. The van der Waals surface area contributed by atoms with Gasteiger partial charge >= 0.3 is 6.03 Å². The summed E-state index contributed by atoms with van der Waals surface area (Å²) in [4.78, 5) is 30.7. The van der Waals surface area contributed by atoms with Crippen LogP contribution in [-0.4, -0.2) is 42.0 Å². The number of piperidine rings is 1. The van der Waals surface area contributed by atoms with Crippen molar-refractivity contribution in [2.45, 2.75) is 12.8 Å². The van der Waals surface area contributed by atoms with Crippen molar-refractivity contribution < 1.29 is 14.3 Å². The molecular weight excluding hydrogens is 332 g/mol. The molecule has 26 heavy (non-hydrogen) atoms. The fourth-order valence-corrected chi connectivity index (χ4v) is 2.94. The minimum absolute atomic E-state index is 0.0925. The van der Waals surface area contributed by atoms with Crippen LogP contribution in [0.2, 0.25) is 0 Å². The fraction of sp³-hybridized carbons (Fsp3) is 0.316. The molecule has 3 amide bonds. The number of amides is 3. The maximum Gasteiger partial charge on any atom is 0.321 e. The molecule has 1 aromatic carbocycles. The van der Waals surface area contributed by atoms with E-state index in [0.717, 1.165) is 5.69 Å². The summed E-state index contributed by atoms with van der Waals surface area (Å²) in [6, 6.07) is 12.7. The van der Waals surface area contributed by atoms with E-state index in [4.69, 9.17) is 4.74 Å². The number of anilines is 2. The van der Waals surface area contributed by atoms with Crippen molar-refractivity contribution in [1.82, 2.24) is 9.88 Å². The van der Waals surface area contributed by atoms with E-state index in [1.165, 1.54) is 7.11 Å². The number of methoxy groups -OCH3 is 1. The molecule has 0 aliphatic carbocycles. The number of hydrogen-bond donors (Lipinski definition) is 2. The lowest BCUT2D eigenvalue weighted by Crippen LogP contribution is -2.43. The first-order valence-corrected chi connectivity index (χ1v) is 8.58. The van der Waals surface area contributed by atoms with E-state index in [-0.39, 0.29) is 17.9 Å². The van der Waals surface area contributed by atoms with Crippen LogP contribution < -0.4 is 15.4 Å². The number of urea groups is 1. The molecule has 2 N–H and O–H groups in total.